The summed E-state index contributed by atoms with van der Waals surface area (Å²) in [5.41, 5.74) is 1.01. The van der Waals surface area contributed by atoms with Gasteiger partial charge in [-0.2, -0.15) is 4.31 Å². The van der Waals surface area contributed by atoms with Gasteiger partial charge in [-0.3, -0.25) is 10.1 Å². The lowest BCUT2D eigenvalue weighted by molar-refractivity contribution is 0.0977. The summed E-state index contributed by atoms with van der Waals surface area (Å²) in [6.07, 6.45) is 1.75. The Morgan fingerprint density at radius 2 is 1.84 bits per heavy atom. The Labute approximate surface area is 188 Å². The predicted molar refractivity (Wildman–Crippen MR) is 125 cm³/mol. The van der Waals surface area contributed by atoms with Crippen molar-refractivity contribution < 1.29 is 17.9 Å². The first kappa shape index (κ1) is 23.2. The molecule has 3 rings (SSSR count). The van der Waals surface area contributed by atoms with Crippen LogP contribution in [0, 0.1) is 5.92 Å². The quantitative estimate of drug-likeness (QED) is 0.639. The summed E-state index contributed by atoms with van der Waals surface area (Å²) in [5.74, 6) is 0.794. The maximum absolute atomic E-state index is 12.8. The molecule has 0 bridgehead atoms. The van der Waals surface area contributed by atoms with Gasteiger partial charge in [0.1, 0.15) is 5.75 Å². The molecule has 2 aromatic rings. The predicted octanol–water partition coefficient (Wildman–Crippen LogP) is 3.63. The van der Waals surface area contributed by atoms with E-state index in [0.29, 0.717) is 42.6 Å². The molecule has 1 amide bonds. The van der Waals surface area contributed by atoms with Gasteiger partial charge in [0.15, 0.2) is 5.11 Å². The molecule has 0 saturated carbocycles. The Balaban J connectivity index is 1.60. The summed E-state index contributed by atoms with van der Waals surface area (Å²) < 4.78 is 32.6. The molecule has 2 N–H and O–H groups in total. The fraction of sp³-hybridized carbons (Fsp3) is 0.364. The Morgan fingerprint density at radius 3 is 2.48 bits per heavy atom. The van der Waals surface area contributed by atoms with Crippen molar-refractivity contribution in [3.63, 3.8) is 0 Å². The largest absolute Gasteiger partial charge is 0.494 e. The molecule has 1 aliphatic heterocycles. The number of carbonyl (C=O) groups is 1. The summed E-state index contributed by atoms with van der Waals surface area (Å²) in [6, 6.07) is 13.2. The zero-order valence-corrected chi connectivity index (χ0v) is 19.3. The van der Waals surface area contributed by atoms with Gasteiger partial charge in [-0.05, 0) is 80.4 Å². The summed E-state index contributed by atoms with van der Waals surface area (Å²) in [6.45, 7) is 5.61. The van der Waals surface area contributed by atoms with Crippen molar-refractivity contribution in [2.24, 2.45) is 5.92 Å². The third kappa shape index (κ3) is 6.03. The van der Waals surface area contributed by atoms with Crippen molar-refractivity contribution in [2.75, 3.05) is 25.0 Å². The molecule has 0 radical (unpaired) electrons. The summed E-state index contributed by atoms with van der Waals surface area (Å²) in [7, 11) is -3.50. The minimum atomic E-state index is -3.50. The van der Waals surface area contributed by atoms with E-state index in [1.807, 2.05) is 6.92 Å². The highest BCUT2D eigenvalue weighted by atomic mass is 32.2. The second-order valence-corrected chi connectivity index (χ2v) is 9.83. The van der Waals surface area contributed by atoms with Gasteiger partial charge < -0.3 is 10.1 Å². The van der Waals surface area contributed by atoms with Gasteiger partial charge in [0.05, 0.1) is 11.5 Å². The standard InChI is InChI=1S/C22H27N3O4S2/c1-3-29-19-6-4-5-17(15-19)21(26)24-22(30)23-18-7-9-20(10-8-18)31(27,28)25-13-11-16(2)12-14-25/h4-10,15-16H,3,11-14H2,1-2H3,(H2,23,24,26,30). The van der Waals surface area contributed by atoms with E-state index in [1.165, 1.54) is 4.31 Å². The smallest absolute Gasteiger partial charge is 0.257 e. The van der Waals surface area contributed by atoms with Crippen molar-refractivity contribution in [2.45, 2.75) is 31.6 Å². The van der Waals surface area contributed by atoms with Crippen LogP contribution in [0.1, 0.15) is 37.0 Å². The first-order chi connectivity index (χ1) is 14.8. The molecule has 1 saturated heterocycles. The molecular weight excluding hydrogens is 434 g/mol. The maximum Gasteiger partial charge on any atom is 0.257 e. The van der Waals surface area contributed by atoms with Crippen molar-refractivity contribution in [3.05, 3.63) is 54.1 Å². The van der Waals surface area contributed by atoms with E-state index in [0.717, 1.165) is 12.8 Å². The molecule has 1 fully saturated rings. The number of hydrogen-bond donors (Lipinski definition) is 2. The van der Waals surface area contributed by atoms with E-state index in [9.17, 15) is 13.2 Å². The highest BCUT2D eigenvalue weighted by molar-refractivity contribution is 7.89. The molecule has 2 aromatic carbocycles. The molecule has 31 heavy (non-hydrogen) atoms. The molecule has 0 aromatic heterocycles. The topological polar surface area (TPSA) is 87.7 Å². The maximum atomic E-state index is 12.8. The normalized spacial score (nSPS) is 15.3. The van der Waals surface area contributed by atoms with Crippen LogP contribution in [0.3, 0.4) is 0 Å². The number of anilines is 1. The number of ether oxygens (including phenoxy) is 1. The summed E-state index contributed by atoms with van der Waals surface area (Å²) in [4.78, 5) is 12.7. The van der Waals surface area contributed by atoms with Crippen molar-refractivity contribution in [1.82, 2.24) is 9.62 Å². The molecule has 0 atom stereocenters. The first-order valence-electron chi connectivity index (χ1n) is 10.2. The third-order valence-corrected chi connectivity index (χ3v) is 7.24. The van der Waals surface area contributed by atoms with Crippen LogP contribution in [0.15, 0.2) is 53.4 Å². The number of hydrogen-bond acceptors (Lipinski definition) is 5. The van der Waals surface area contributed by atoms with E-state index in [4.69, 9.17) is 17.0 Å². The molecule has 0 unspecified atom stereocenters. The van der Waals surface area contributed by atoms with Crippen LogP contribution in [0.25, 0.3) is 0 Å². The van der Waals surface area contributed by atoms with Crippen LogP contribution in [0.5, 0.6) is 5.75 Å². The summed E-state index contributed by atoms with van der Waals surface area (Å²) in [5, 5.41) is 5.64. The Morgan fingerprint density at radius 1 is 1.16 bits per heavy atom. The minimum Gasteiger partial charge on any atom is -0.494 e. The molecule has 0 aliphatic carbocycles. The van der Waals surface area contributed by atoms with Crippen molar-refractivity contribution >= 4 is 38.9 Å². The second kappa shape index (κ2) is 10.2. The van der Waals surface area contributed by atoms with E-state index >= 15 is 0 Å². The fourth-order valence-corrected chi connectivity index (χ4v) is 5.00. The van der Waals surface area contributed by atoms with Gasteiger partial charge in [-0.25, -0.2) is 8.42 Å². The lowest BCUT2D eigenvalue weighted by Crippen LogP contribution is -2.37. The lowest BCUT2D eigenvalue weighted by atomic mass is 10.0. The highest BCUT2D eigenvalue weighted by Crippen LogP contribution is 2.24. The van der Waals surface area contributed by atoms with Gasteiger partial charge >= 0.3 is 0 Å². The molecule has 1 heterocycles. The monoisotopic (exact) mass is 461 g/mol. The van der Waals surface area contributed by atoms with E-state index in [-0.39, 0.29) is 15.9 Å². The van der Waals surface area contributed by atoms with Gasteiger partial charge in [0.2, 0.25) is 10.0 Å². The molecule has 7 nitrogen and oxygen atoms in total. The number of nitrogens with zero attached hydrogens (tertiary/aromatic N) is 1. The first-order valence-corrected chi connectivity index (χ1v) is 12.1. The number of nitrogens with one attached hydrogen (secondary N) is 2. The van der Waals surface area contributed by atoms with Gasteiger partial charge in [0.25, 0.3) is 5.91 Å². The molecule has 1 aliphatic rings. The van der Waals surface area contributed by atoms with Crippen LogP contribution in [-0.4, -0.2) is 43.4 Å². The molecular formula is C22H27N3O4S2. The van der Waals surface area contributed by atoms with E-state index in [2.05, 4.69) is 17.6 Å². The van der Waals surface area contributed by atoms with Crippen LogP contribution in [0.2, 0.25) is 0 Å². The van der Waals surface area contributed by atoms with E-state index in [1.54, 1.807) is 48.5 Å². The average Bonchev–Trinajstić information content (AvgIpc) is 2.75. The Kier molecular flexibility index (Phi) is 7.64. The number of benzene rings is 2. The molecule has 0 spiro atoms. The fourth-order valence-electron chi connectivity index (χ4n) is 3.32. The minimum absolute atomic E-state index is 0.118. The van der Waals surface area contributed by atoms with Crippen LogP contribution >= 0.6 is 12.2 Å². The number of carbonyl (C=O) groups excluding carboxylic acids is 1. The number of rotatable bonds is 6. The number of sulfonamides is 1. The number of piperidine rings is 1. The zero-order valence-electron chi connectivity index (χ0n) is 17.6. The number of thiocarbonyl (C=S) groups is 1. The van der Waals surface area contributed by atoms with E-state index < -0.39 is 10.0 Å². The van der Waals surface area contributed by atoms with Gasteiger partial charge in [-0.1, -0.05) is 13.0 Å². The average molecular weight is 462 g/mol. The molecule has 166 valence electrons. The van der Waals surface area contributed by atoms with Crippen LogP contribution < -0.4 is 15.4 Å². The second-order valence-electron chi connectivity index (χ2n) is 7.48. The van der Waals surface area contributed by atoms with Gasteiger partial charge in [-0.15, -0.1) is 0 Å². The van der Waals surface area contributed by atoms with Crippen molar-refractivity contribution in [1.29, 1.82) is 0 Å². The van der Waals surface area contributed by atoms with Crippen LogP contribution in [0.4, 0.5) is 5.69 Å². The van der Waals surface area contributed by atoms with Crippen LogP contribution in [-0.2, 0) is 10.0 Å². The third-order valence-electron chi connectivity index (χ3n) is 5.13. The van der Waals surface area contributed by atoms with Gasteiger partial charge in [0, 0.05) is 24.3 Å². The van der Waals surface area contributed by atoms with Crippen molar-refractivity contribution in [3.8, 4) is 5.75 Å². The lowest BCUT2D eigenvalue weighted by Gasteiger charge is -2.29. The SMILES string of the molecule is CCOc1cccc(C(=O)NC(=S)Nc2ccc(S(=O)(=O)N3CCC(C)CC3)cc2)c1. The molecule has 9 heteroatoms. The Bertz CT molecular complexity index is 1030. The summed E-state index contributed by atoms with van der Waals surface area (Å²) >= 11 is 5.22. The zero-order chi connectivity index (χ0) is 22.4. The Hall–Kier alpha value is -2.49. The highest BCUT2D eigenvalue weighted by Gasteiger charge is 2.27. The number of amides is 1.